The predicted molar refractivity (Wildman–Crippen MR) is 124 cm³/mol. The number of benzene rings is 2. The van der Waals surface area contributed by atoms with Crippen LogP contribution in [0.3, 0.4) is 0 Å². The lowest BCUT2D eigenvalue weighted by Gasteiger charge is -2.34. The van der Waals surface area contributed by atoms with Gasteiger partial charge in [-0.25, -0.2) is 0 Å². The van der Waals surface area contributed by atoms with Crippen LogP contribution in [0.5, 0.6) is 11.5 Å². The normalized spacial score (nSPS) is 19.8. The van der Waals surface area contributed by atoms with E-state index in [0.29, 0.717) is 30.2 Å². The van der Waals surface area contributed by atoms with Crippen molar-refractivity contribution >= 4 is 27.6 Å². The van der Waals surface area contributed by atoms with Crippen LogP contribution in [-0.2, 0) is 4.79 Å². The van der Waals surface area contributed by atoms with Crippen LogP contribution in [0.2, 0.25) is 0 Å². The molecule has 2 atom stereocenters. The van der Waals surface area contributed by atoms with Crippen LogP contribution in [0, 0.1) is 6.92 Å². The zero-order chi connectivity index (χ0) is 22.4. The number of hydrogen-bond acceptors (Lipinski definition) is 6. The number of ketones is 1. The van der Waals surface area contributed by atoms with Gasteiger partial charge in [0.25, 0.3) is 0 Å². The second-order valence-corrected chi connectivity index (χ2v) is 9.07. The maximum atomic E-state index is 13.6. The van der Waals surface area contributed by atoms with Gasteiger partial charge in [0.1, 0.15) is 0 Å². The second kappa shape index (κ2) is 8.13. The molecule has 2 aromatic carbocycles. The molecule has 0 unspecified atom stereocenters. The van der Waals surface area contributed by atoms with Gasteiger partial charge in [0.15, 0.2) is 17.3 Å². The Morgan fingerprint density at radius 2 is 1.88 bits per heavy atom. The van der Waals surface area contributed by atoms with E-state index in [-0.39, 0.29) is 17.6 Å². The third-order valence-electron chi connectivity index (χ3n) is 6.32. The van der Waals surface area contributed by atoms with Gasteiger partial charge in [-0.1, -0.05) is 39.3 Å². The van der Waals surface area contributed by atoms with Crippen LogP contribution in [-0.4, -0.2) is 25.2 Å². The highest BCUT2D eigenvalue weighted by molar-refractivity contribution is 9.10. The average molecular weight is 495 g/mol. The third-order valence-corrected chi connectivity index (χ3v) is 6.81. The maximum Gasteiger partial charge on any atom is 0.233 e. The van der Waals surface area contributed by atoms with Gasteiger partial charge in [-0.15, -0.1) is 0 Å². The molecule has 7 heteroatoms. The highest BCUT2D eigenvalue weighted by atomic mass is 79.9. The first kappa shape index (κ1) is 20.8. The quantitative estimate of drug-likeness (QED) is 0.499. The van der Waals surface area contributed by atoms with Crippen molar-refractivity contribution < 1.29 is 18.8 Å². The first-order chi connectivity index (χ1) is 15.5. The minimum atomic E-state index is -0.205. The summed E-state index contributed by atoms with van der Waals surface area (Å²) in [6.45, 7) is 1.92. The first-order valence-electron chi connectivity index (χ1n) is 10.5. The summed E-state index contributed by atoms with van der Waals surface area (Å²) in [5.41, 5.74) is 5.51. The molecule has 0 radical (unpaired) electrons. The standard InChI is InChI=1S/C25H23BrN2O4/c1-13-22-23(15-5-4-6-17(26)9-15)24-18(27-25(22)32-28-13)10-16(11-19(24)29)14-7-8-20(30-2)21(12-14)31-3/h4-9,12,16,23,27H,10-11H2,1-3H3/t16-,23-/m0/s1. The van der Waals surface area contributed by atoms with E-state index in [1.807, 2.05) is 37.3 Å². The molecule has 2 heterocycles. The fourth-order valence-corrected chi connectivity index (χ4v) is 5.25. The number of carbonyl (C=O) groups is 1. The van der Waals surface area contributed by atoms with E-state index in [2.05, 4.69) is 38.5 Å². The number of Topliss-reactive ketones (excluding diaryl/α,β-unsaturated/α-hetero) is 1. The number of nitrogens with one attached hydrogen (secondary N) is 1. The summed E-state index contributed by atoms with van der Waals surface area (Å²) in [5.74, 6) is 1.91. The Labute approximate surface area is 194 Å². The molecule has 2 aliphatic rings. The molecule has 1 aromatic heterocycles. The Hall–Kier alpha value is -3.06. The van der Waals surface area contributed by atoms with Gasteiger partial charge in [0, 0.05) is 28.1 Å². The number of nitrogens with zero attached hydrogens (tertiary/aromatic N) is 1. The number of hydrogen-bond donors (Lipinski definition) is 1. The number of ether oxygens (including phenoxy) is 2. The van der Waals surface area contributed by atoms with Crippen LogP contribution in [0.25, 0.3) is 0 Å². The largest absolute Gasteiger partial charge is 0.493 e. The van der Waals surface area contributed by atoms with Gasteiger partial charge in [-0.3, -0.25) is 4.79 Å². The molecule has 1 aliphatic heterocycles. The number of aromatic nitrogens is 1. The summed E-state index contributed by atoms with van der Waals surface area (Å²) in [4.78, 5) is 13.6. The highest BCUT2D eigenvalue weighted by Crippen LogP contribution is 2.49. The lowest BCUT2D eigenvalue weighted by molar-refractivity contribution is -0.116. The van der Waals surface area contributed by atoms with Gasteiger partial charge in [0.2, 0.25) is 5.88 Å². The predicted octanol–water partition coefficient (Wildman–Crippen LogP) is 5.72. The number of aryl methyl sites for hydroxylation is 1. The van der Waals surface area contributed by atoms with Crippen molar-refractivity contribution in [3.63, 3.8) is 0 Å². The van der Waals surface area contributed by atoms with E-state index in [1.165, 1.54) is 0 Å². The summed E-state index contributed by atoms with van der Waals surface area (Å²) in [6.07, 6.45) is 1.13. The van der Waals surface area contributed by atoms with Gasteiger partial charge in [-0.05, 0) is 54.7 Å². The SMILES string of the molecule is COc1ccc([C@@H]2CC(=O)C3=C(C2)Nc2onc(C)c2[C@@H]3c2cccc(Br)c2)cc1OC. The molecule has 0 amide bonds. The number of fused-ring (bicyclic) bond motifs is 1. The molecule has 6 nitrogen and oxygen atoms in total. The molecule has 1 aliphatic carbocycles. The van der Waals surface area contributed by atoms with Gasteiger partial charge < -0.3 is 19.3 Å². The lowest BCUT2D eigenvalue weighted by Crippen LogP contribution is -2.29. The second-order valence-electron chi connectivity index (χ2n) is 8.16. The van der Waals surface area contributed by atoms with Crippen molar-refractivity contribution in [1.82, 2.24) is 5.16 Å². The van der Waals surface area contributed by atoms with E-state index in [9.17, 15) is 4.79 Å². The molecular weight excluding hydrogens is 472 g/mol. The van der Waals surface area contributed by atoms with E-state index in [1.54, 1.807) is 14.2 Å². The number of halogens is 1. The molecule has 0 spiro atoms. The summed E-state index contributed by atoms with van der Waals surface area (Å²) in [5, 5.41) is 7.56. The fraction of sp³-hybridized carbons (Fsp3) is 0.280. The topological polar surface area (TPSA) is 73.6 Å². The molecule has 0 saturated carbocycles. The Balaban J connectivity index is 1.58. The summed E-state index contributed by atoms with van der Waals surface area (Å²) >= 11 is 3.57. The van der Waals surface area contributed by atoms with Crippen molar-refractivity contribution in [2.45, 2.75) is 31.6 Å². The number of allylic oxidation sites excluding steroid dienone is 2. The zero-order valence-corrected chi connectivity index (χ0v) is 19.7. The molecule has 5 rings (SSSR count). The molecule has 0 fully saturated rings. The van der Waals surface area contributed by atoms with Crippen molar-refractivity contribution in [2.75, 3.05) is 19.5 Å². The fourth-order valence-electron chi connectivity index (χ4n) is 4.83. The molecule has 3 aromatic rings. The molecule has 0 bridgehead atoms. The Bertz CT molecular complexity index is 1250. The number of rotatable bonds is 4. The molecule has 1 N–H and O–H groups in total. The Morgan fingerprint density at radius 1 is 1.06 bits per heavy atom. The monoisotopic (exact) mass is 494 g/mol. The van der Waals surface area contributed by atoms with Crippen LogP contribution < -0.4 is 14.8 Å². The summed E-state index contributed by atoms with van der Waals surface area (Å²) < 4.78 is 17.4. The molecule has 0 saturated heterocycles. The van der Waals surface area contributed by atoms with E-state index in [4.69, 9.17) is 14.0 Å². The van der Waals surface area contributed by atoms with Gasteiger partial charge in [0.05, 0.1) is 25.5 Å². The Morgan fingerprint density at radius 3 is 2.62 bits per heavy atom. The van der Waals surface area contributed by atoms with Crippen LogP contribution >= 0.6 is 15.9 Å². The van der Waals surface area contributed by atoms with Crippen molar-refractivity contribution in [2.24, 2.45) is 0 Å². The number of carbonyl (C=O) groups excluding carboxylic acids is 1. The highest BCUT2D eigenvalue weighted by Gasteiger charge is 2.41. The van der Waals surface area contributed by atoms with E-state index in [0.717, 1.165) is 38.1 Å². The minimum Gasteiger partial charge on any atom is -0.493 e. The number of anilines is 1. The van der Waals surface area contributed by atoms with Crippen molar-refractivity contribution in [3.05, 3.63) is 80.6 Å². The molecule has 32 heavy (non-hydrogen) atoms. The van der Waals surface area contributed by atoms with E-state index >= 15 is 0 Å². The Kier molecular flexibility index (Phi) is 5.29. The van der Waals surface area contributed by atoms with E-state index < -0.39 is 0 Å². The van der Waals surface area contributed by atoms with Crippen LogP contribution in [0.15, 0.2) is 62.7 Å². The maximum absolute atomic E-state index is 13.6. The smallest absolute Gasteiger partial charge is 0.233 e. The summed E-state index contributed by atoms with van der Waals surface area (Å²) in [7, 11) is 3.23. The molecular formula is C25H23BrN2O4. The lowest BCUT2D eigenvalue weighted by atomic mass is 9.72. The van der Waals surface area contributed by atoms with Crippen LogP contribution in [0.1, 0.15) is 47.1 Å². The third kappa shape index (κ3) is 3.41. The van der Waals surface area contributed by atoms with Gasteiger partial charge >= 0.3 is 0 Å². The zero-order valence-electron chi connectivity index (χ0n) is 18.1. The van der Waals surface area contributed by atoms with Crippen LogP contribution in [0.4, 0.5) is 5.88 Å². The summed E-state index contributed by atoms with van der Waals surface area (Å²) in [6, 6.07) is 13.9. The molecule has 164 valence electrons. The van der Waals surface area contributed by atoms with Gasteiger partial charge in [-0.2, -0.15) is 0 Å². The van der Waals surface area contributed by atoms with Crippen molar-refractivity contribution in [1.29, 1.82) is 0 Å². The first-order valence-corrected chi connectivity index (χ1v) is 11.3. The van der Waals surface area contributed by atoms with Crippen molar-refractivity contribution in [3.8, 4) is 11.5 Å². The average Bonchev–Trinajstić information content (AvgIpc) is 3.17. The number of methoxy groups -OCH3 is 2. The minimum absolute atomic E-state index is 0.0299.